The first kappa shape index (κ1) is 21.1. The van der Waals surface area contributed by atoms with Gasteiger partial charge in [0.2, 0.25) is 0 Å². The first-order valence-corrected chi connectivity index (χ1v) is 9.46. The molecule has 0 aliphatic heterocycles. The molecule has 24 heavy (non-hydrogen) atoms. The standard InChI is InChI=1S/C23H40O/c1-12-19(22(6,7)8)18-14-16(2)13-17(15-21(3,4)5)20(18)24-23(9,10)11/h13-14,19H,12,15H2,1-11H3. The van der Waals surface area contributed by atoms with Crippen LogP contribution in [0.2, 0.25) is 0 Å². The molecule has 0 aliphatic rings. The van der Waals surface area contributed by atoms with Crippen LogP contribution in [-0.4, -0.2) is 5.60 Å². The smallest absolute Gasteiger partial charge is 0.126 e. The van der Waals surface area contributed by atoms with Crippen LogP contribution < -0.4 is 4.74 Å². The van der Waals surface area contributed by atoms with Gasteiger partial charge in [0.05, 0.1) is 0 Å². The summed E-state index contributed by atoms with van der Waals surface area (Å²) in [5.41, 5.74) is 4.36. The summed E-state index contributed by atoms with van der Waals surface area (Å²) < 4.78 is 6.54. The Balaban J connectivity index is 3.61. The van der Waals surface area contributed by atoms with Crippen LogP contribution in [0, 0.1) is 17.8 Å². The zero-order valence-electron chi connectivity index (χ0n) is 18.1. The molecule has 0 saturated carbocycles. The molecule has 0 N–H and O–H groups in total. The molecule has 0 aromatic heterocycles. The van der Waals surface area contributed by atoms with Gasteiger partial charge in [-0.1, -0.05) is 66.2 Å². The third-order valence-corrected chi connectivity index (χ3v) is 4.30. The van der Waals surface area contributed by atoms with Crippen molar-refractivity contribution in [2.24, 2.45) is 10.8 Å². The summed E-state index contributed by atoms with van der Waals surface area (Å²) in [5.74, 6) is 1.62. The van der Waals surface area contributed by atoms with Gasteiger partial charge in [-0.2, -0.15) is 0 Å². The van der Waals surface area contributed by atoms with E-state index in [-0.39, 0.29) is 16.4 Å². The van der Waals surface area contributed by atoms with Crippen molar-refractivity contribution in [2.75, 3.05) is 0 Å². The Morgan fingerprint density at radius 1 is 0.917 bits per heavy atom. The molecular weight excluding hydrogens is 292 g/mol. The summed E-state index contributed by atoms with van der Waals surface area (Å²) in [5, 5.41) is 0. The van der Waals surface area contributed by atoms with Crippen LogP contribution in [0.3, 0.4) is 0 Å². The highest BCUT2D eigenvalue weighted by molar-refractivity contribution is 5.48. The molecule has 0 radical (unpaired) electrons. The van der Waals surface area contributed by atoms with Crippen LogP contribution in [0.1, 0.15) is 98.3 Å². The summed E-state index contributed by atoms with van der Waals surface area (Å²) in [6.07, 6.45) is 2.16. The van der Waals surface area contributed by atoms with E-state index < -0.39 is 0 Å². The second-order valence-corrected chi connectivity index (χ2v) is 10.6. The predicted molar refractivity (Wildman–Crippen MR) is 107 cm³/mol. The fraction of sp³-hybridized carbons (Fsp3) is 0.739. The van der Waals surface area contributed by atoms with Gasteiger partial charge in [0.15, 0.2) is 0 Å². The maximum atomic E-state index is 6.54. The lowest BCUT2D eigenvalue weighted by atomic mass is 9.73. The van der Waals surface area contributed by atoms with Crippen molar-refractivity contribution >= 4 is 0 Å². The Morgan fingerprint density at radius 2 is 1.46 bits per heavy atom. The Morgan fingerprint density at radius 3 is 1.83 bits per heavy atom. The van der Waals surface area contributed by atoms with Crippen molar-refractivity contribution in [1.29, 1.82) is 0 Å². The number of ether oxygens (including phenoxy) is 1. The monoisotopic (exact) mass is 332 g/mol. The summed E-state index contributed by atoms with van der Waals surface area (Å²) >= 11 is 0. The zero-order valence-corrected chi connectivity index (χ0v) is 18.1. The van der Waals surface area contributed by atoms with Crippen molar-refractivity contribution in [3.05, 3.63) is 28.8 Å². The summed E-state index contributed by atoms with van der Waals surface area (Å²) in [6, 6.07) is 4.68. The van der Waals surface area contributed by atoms with Crippen LogP contribution in [0.5, 0.6) is 5.75 Å². The third kappa shape index (κ3) is 6.15. The van der Waals surface area contributed by atoms with E-state index in [4.69, 9.17) is 4.74 Å². The van der Waals surface area contributed by atoms with Crippen LogP contribution >= 0.6 is 0 Å². The molecule has 0 fully saturated rings. The first-order valence-electron chi connectivity index (χ1n) is 9.46. The maximum absolute atomic E-state index is 6.54. The van der Waals surface area contributed by atoms with Gasteiger partial charge < -0.3 is 4.74 Å². The molecule has 0 aliphatic carbocycles. The van der Waals surface area contributed by atoms with Gasteiger partial charge >= 0.3 is 0 Å². The minimum atomic E-state index is -0.188. The van der Waals surface area contributed by atoms with Crippen molar-refractivity contribution in [2.45, 2.75) is 101 Å². The molecule has 1 nitrogen and oxygen atoms in total. The van der Waals surface area contributed by atoms with E-state index in [1.807, 2.05) is 0 Å². The topological polar surface area (TPSA) is 9.23 Å². The lowest BCUT2D eigenvalue weighted by Gasteiger charge is -2.35. The number of rotatable bonds is 4. The van der Waals surface area contributed by atoms with Gasteiger partial charge in [0.1, 0.15) is 11.4 Å². The lowest BCUT2D eigenvalue weighted by molar-refractivity contribution is 0.124. The van der Waals surface area contributed by atoms with Crippen LogP contribution in [-0.2, 0) is 6.42 Å². The Labute approximate surface area is 151 Å². The minimum absolute atomic E-state index is 0.188. The second-order valence-electron chi connectivity index (χ2n) is 10.6. The van der Waals surface area contributed by atoms with Gasteiger partial charge in [-0.25, -0.2) is 0 Å². The number of benzene rings is 1. The summed E-state index contributed by atoms with van der Waals surface area (Å²) in [4.78, 5) is 0. The molecule has 1 aromatic carbocycles. The predicted octanol–water partition coefficient (Wildman–Crippen LogP) is 7.30. The van der Waals surface area contributed by atoms with E-state index >= 15 is 0 Å². The Bertz CT molecular complexity index is 547. The Kier molecular flexibility index (Phi) is 6.23. The van der Waals surface area contributed by atoms with Gasteiger partial charge in [-0.3, -0.25) is 0 Å². The molecular formula is C23H40O. The van der Waals surface area contributed by atoms with Crippen LogP contribution in [0.15, 0.2) is 12.1 Å². The molecule has 0 amide bonds. The van der Waals surface area contributed by atoms with Crippen molar-refractivity contribution in [1.82, 2.24) is 0 Å². The average Bonchev–Trinajstić information content (AvgIpc) is 2.28. The van der Waals surface area contributed by atoms with Gasteiger partial charge in [0.25, 0.3) is 0 Å². The fourth-order valence-corrected chi connectivity index (χ4v) is 3.57. The maximum Gasteiger partial charge on any atom is 0.126 e. The lowest BCUT2D eigenvalue weighted by Crippen LogP contribution is -2.27. The largest absolute Gasteiger partial charge is 0.488 e. The minimum Gasteiger partial charge on any atom is -0.488 e. The summed E-state index contributed by atoms with van der Waals surface area (Å²) in [7, 11) is 0. The molecule has 1 rings (SSSR count). The number of aryl methyl sites for hydroxylation is 1. The number of hydrogen-bond donors (Lipinski definition) is 0. The van der Waals surface area contributed by atoms with Crippen LogP contribution in [0.25, 0.3) is 0 Å². The van der Waals surface area contributed by atoms with Crippen LogP contribution in [0.4, 0.5) is 0 Å². The Hall–Kier alpha value is -0.980. The van der Waals surface area contributed by atoms with E-state index in [1.54, 1.807) is 0 Å². The van der Waals surface area contributed by atoms with E-state index in [9.17, 15) is 0 Å². The molecule has 1 unspecified atom stereocenters. The molecule has 0 heterocycles. The van der Waals surface area contributed by atoms with E-state index in [0.29, 0.717) is 5.92 Å². The first-order chi connectivity index (χ1) is 10.6. The van der Waals surface area contributed by atoms with E-state index in [0.717, 1.165) is 18.6 Å². The molecule has 1 atom stereocenters. The molecule has 1 aromatic rings. The fourth-order valence-electron chi connectivity index (χ4n) is 3.57. The van der Waals surface area contributed by atoms with Gasteiger partial charge in [0, 0.05) is 0 Å². The van der Waals surface area contributed by atoms with Crippen molar-refractivity contribution < 1.29 is 4.74 Å². The highest BCUT2D eigenvalue weighted by atomic mass is 16.5. The van der Waals surface area contributed by atoms with Crippen molar-refractivity contribution in [3.8, 4) is 5.75 Å². The third-order valence-electron chi connectivity index (χ3n) is 4.30. The molecule has 0 spiro atoms. The van der Waals surface area contributed by atoms with E-state index in [2.05, 4.69) is 88.3 Å². The SMILES string of the molecule is CCC(c1cc(C)cc(CC(C)(C)C)c1OC(C)(C)C)C(C)(C)C. The van der Waals surface area contributed by atoms with Crippen molar-refractivity contribution in [3.63, 3.8) is 0 Å². The second kappa shape index (κ2) is 7.10. The highest BCUT2D eigenvalue weighted by Crippen LogP contribution is 2.45. The molecule has 1 heteroatoms. The quantitative estimate of drug-likeness (QED) is 0.562. The highest BCUT2D eigenvalue weighted by Gasteiger charge is 2.31. The zero-order chi connectivity index (χ0) is 18.9. The normalized spacial score (nSPS) is 14.6. The summed E-state index contributed by atoms with van der Waals surface area (Å²) in [6.45, 7) is 24.9. The molecule has 0 bridgehead atoms. The van der Waals surface area contributed by atoms with Gasteiger partial charge in [-0.05, 0) is 68.4 Å². The molecule has 0 saturated heterocycles. The van der Waals surface area contributed by atoms with E-state index in [1.165, 1.54) is 16.7 Å². The average molecular weight is 333 g/mol. The number of hydrogen-bond acceptors (Lipinski definition) is 1. The molecule has 138 valence electrons. The van der Waals surface area contributed by atoms with Gasteiger partial charge in [-0.15, -0.1) is 0 Å².